The molecule has 1 fully saturated rings. The van der Waals surface area contributed by atoms with E-state index in [2.05, 4.69) is 25.7 Å². The molecule has 0 aliphatic heterocycles. The lowest BCUT2D eigenvalue weighted by molar-refractivity contribution is 0.391. The van der Waals surface area contributed by atoms with Crippen LogP contribution in [0.1, 0.15) is 30.3 Å². The lowest BCUT2D eigenvalue weighted by atomic mass is 10.1. The molecule has 1 aliphatic rings. The summed E-state index contributed by atoms with van der Waals surface area (Å²) in [6.45, 7) is 1.71. The highest BCUT2D eigenvalue weighted by molar-refractivity contribution is 7.98. The van der Waals surface area contributed by atoms with E-state index in [1.165, 1.54) is 17.8 Å². The molecule has 23 heavy (non-hydrogen) atoms. The zero-order chi connectivity index (χ0) is 15.8. The zero-order valence-corrected chi connectivity index (χ0v) is 13.1. The Morgan fingerprint density at radius 2 is 2.26 bits per heavy atom. The highest BCUT2D eigenvalue weighted by Crippen LogP contribution is 2.36. The molecular weight excluding hydrogens is 319 g/mol. The molecule has 0 unspecified atom stereocenters. The summed E-state index contributed by atoms with van der Waals surface area (Å²) in [5.74, 6) is 1.01. The van der Waals surface area contributed by atoms with Gasteiger partial charge in [-0.25, -0.2) is 9.07 Å². The molecule has 0 N–H and O–H groups in total. The summed E-state index contributed by atoms with van der Waals surface area (Å²) in [5, 5.41) is 16.3. The Morgan fingerprint density at radius 3 is 3.04 bits per heavy atom. The summed E-state index contributed by atoms with van der Waals surface area (Å²) >= 11 is 1.45. The SMILES string of the molecule is Cc1ccc(-c2noc(CSc3nnnn3C3CC3)n2)cc1F. The fourth-order valence-electron chi connectivity index (χ4n) is 2.12. The Kier molecular flexibility index (Phi) is 3.56. The second kappa shape index (κ2) is 5.73. The fraction of sp³-hybridized carbons (Fsp3) is 0.357. The van der Waals surface area contributed by atoms with Crippen molar-refractivity contribution >= 4 is 11.8 Å². The molecule has 1 aliphatic carbocycles. The number of hydrogen-bond acceptors (Lipinski definition) is 7. The average molecular weight is 332 g/mol. The van der Waals surface area contributed by atoms with Crippen molar-refractivity contribution in [3.63, 3.8) is 0 Å². The van der Waals surface area contributed by atoms with Crippen molar-refractivity contribution in [3.8, 4) is 11.4 Å². The highest BCUT2D eigenvalue weighted by Gasteiger charge is 2.28. The number of aromatic nitrogens is 6. The largest absolute Gasteiger partial charge is 0.338 e. The van der Waals surface area contributed by atoms with Gasteiger partial charge >= 0.3 is 0 Å². The van der Waals surface area contributed by atoms with Crippen molar-refractivity contribution in [2.75, 3.05) is 0 Å². The number of thioether (sulfide) groups is 1. The minimum absolute atomic E-state index is 0.285. The van der Waals surface area contributed by atoms with E-state index in [1.807, 2.05) is 4.68 Å². The van der Waals surface area contributed by atoms with Gasteiger partial charge in [-0.1, -0.05) is 29.1 Å². The van der Waals surface area contributed by atoms with Gasteiger partial charge in [0, 0.05) is 5.56 Å². The van der Waals surface area contributed by atoms with E-state index in [0.717, 1.165) is 18.0 Å². The predicted molar refractivity (Wildman–Crippen MR) is 80.1 cm³/mol. The van der Waals surface area contributed by atoms with Gasteiger partial charge in [-0.15, -0.1) is 5.10 Å². The van der Waals surface area contributed by atoms with Crippen LogP contribution in [0.15, 0.2) is 27.9 Å². The molecule has 4 rings (SSSR count). The molecule has 0 saturated heterocycles. The maximum absolute atomic E-state index is 13.6. The van der Waals surface area contributed by atoms with E-state index >= 15 is 0 Å². The van der Waals surface area contributed by atoms with Gasteiger partial charge in [-0.05, 0) is 41.8 Å². The molecule has 0 amide bonds. The standard InChI is InChI=1S/C14H13FN6OS/c1-8-2-3-9(6-11(8)15)13-16-12(22-18-13)7-23-14-17-19-20-21(14)10-4-5-10/h2-3,6,10H,4-5,7H2,1H3. The quantitative estimate of drug-likeness (QED) is 0.664. The van der Waals surface area contributed by atoms with Crippen LogP contribution in [-0.2, 0) is 5.75 Å². The van der Waals surface area contributed by atoms with Crippen LogP contribution in [-0.4, -0.2) is 30.3 Å². The average Bonchev–Trinajstić information content (AvgIpc) is 3.10. The second-order valence-corrected chi connectivity index (χ2v) is 6.34. The summed E-state index contributed by atoms with van der Waals surface area (Å²) in [6.07, 6.45) is 2.23. The maximum Gasteiger partial charge on any atom is 0.237 e. The molecule has 118 valence electrons. The summed E-state index contributed by atoms with van der Waals surface area (Å²) < 4.78 is 20.7. The molecule has 2 heterocycles. The molecule has 1 saturated carbocycles. The van der Waals surface area contributed by atoms with Gasteiger partial charge in [0.15, 0.2) is 0 Å². The molecule has 0 radical (unpaired) electrons. The molecule has 0 bridgehead atoms. The van der Waals surface area contributed by atoms with Gasteiger partial charge in [0.2, 0.25) is 16.9 Å². The third-order valence-corrected chi connectivity index (χ3v) is 4.50. The smallest absolute Gasteiger partial charge is 0.237 e. The number of benzene rings is 1. The summed E-state index contributed by atoms with van der Waals surface area (Å²) in [4.78, 5) is 4.30. The Bertz CT molecular complexity index is 843. The third kappa shape index (κ3) is 2.96. The number of rotatable bonds is 5. The van der Waals surface area contributed by atoms with Gasteiger partial charge in [0.05, 0.1) is 11.8 Å². The number of aryl methyl sites for hydroxylation is 1. The molecule has 0 spiro atoms. The second-order valence-electron chi connectivity index (χ2n) is 5.40. The maximum atomic E-state index is 13.6. The number of nitrogens with zero attached hydrogens (tertiary/aromatic N) is 6. The fourth-order valence-corrected chi connectivity index (χ4v) is 2.90. The number of tetrazole rings is 1. The van der Waals surface area contributed by atoms with Crippen LogP contribution >= 0.6 is 11.8 Å². The van der Waals surface area contributed by atoms with Gasteiger partial charge in [-0.3, -0.25) is 0 Å². The van der Waals surface area contributed by atoms with Crippen molar-refractivity contribution in [3.05, 3.63) is 35.5 Å². The highest BCUT2D eigenvalue weighted by atomic mass is 32.2. The molecule has 9 heteroatoms. The molecule has 0 atom stereocenters. The first-order valence-corrected chi connectivity index (χ1v) is 8.19. The van der Waals surface area contributed by atoms with Gasteiger partial charge in [-0.2, -0.15) is 4.98 Å². The lowest BCUT2D eigenvalue weighted by Crippen LogP contribution is -1.98. The van der Waals surface area contributed by atoms with E-state index in [9.17, 15) is 4.39 Å². The third-order valence-electron chi connectivity index (χ3n) is 3.58. The molecule has 3 aromatic rings. The van der Waals surface area contributed by atoms with Crippen LogP contribution in [0.3, 0.4) is 0 Å². The van der Waals surface area contributed by atoms with E-state index < -0.39 is 0 Å². The first-order chi connectivity index (χ1) is 11.2. The lowest BCUT2D eigenvalue weighted by Gasteiger charge is -1.99. The number of halogens is 1. The topological polar surface area (TPSA) is 82.5 Å². The summed E-state index contributed by atoms with van der Waals surface area (Å²) in [7, 11) is 0. The Hall–Kier alpha value is -2.29. The van der Waals surface area contributed by atoms with Crippen molar-refractivity contribution in [1.82, 2.24) is 30.3 Å². The minimum Gasteiger partial charge on any atom is -0.338 e. The molecule has 1 aromatic carbocycles. The van der Waals surface area contributed by atoms with E-state index in [4.69, 9.17) is 4.52 Å². The minimum atomic E-state index is -0.285. The summed E-state index contributed by atoms with van der Waals surface area (Å²) in [6, 6.07) is 5.29. The first-order valence-electron chi connectivity index (χ1n) is 7.20. The van der Waals surface area contributed by atoms with E-state index in [-0.39, 0.29) is 5.82 Å². The van der Waals surface area contributed by atoms with Crippen LogP contribution < -0.4 is 0 Å². The van der Waals surface area contributed by atoms with Crippen LogP contribution in [0.5, 0.6) is 0 Å². The van der Waals surface area contributed by atoms with Crippen LogP contribution in [0, 0.1) is 12.7 Å². The van der Waals surface area contributed by atoms with Crippen molar-refractivity contribution in [1.29, 1.82) is 0 Å². The normalized spacial score (nSPS) is 14.3. The van der Waals surface area contributed by atoms with Crippen molar-refractivity contribution < 1.29 is 8.91 Å². The van der Waals surface area contributed by atoms with E-state index in [0.29, 0.717) is 34.6 Å². The first kappa shape index (κ1) is 14.3. The zero-order valence-electron chi connectivity index (χ0n) is 12.3. The summed E-state index contributed by atoms with van der Waals surface area (Å²) in [5.41, 5.74) is 1.18. The predicted octanol–water partition coefficient (Wildman–Crippen LogP) is 2.80. The Labute approximate surface area is 135 Å². The monoisotopic (exact) mass is 332 g/mol. The van der Waals surface area contributed by atoms with E-state index in [1.54, 1.807) is 19.1 Å². The molecule has 2 aromatic heterocycles. The van der Waals surface area contributed by atoms with Gasteiger partial charge in [0.1, 0.15) is 5.82 Å². The van der Waals surface area contributed by atoms with Crippen LogP contribution in [0.2, 0.25) is 0 Å². The van der Waals surface area contributed by atoms with Crippen molar-refractivity contribution in [2.24, 2.45) is 0 Å². The van der Waals surface area contributed by atoms with Crippen molar-refractivity contribution in [2.45, 2.75) is 36.7 Å². The molecule has 7 nitrogen and oxygen atoms in total. The van der Waals surface area contributed by atoms with Gasteiger partial charge in [0.25, 0.3) is 0 Å². The van der Waals surface area contributed by atoms with Crippen LogP contribution in [0.4, 0.5) is 4.39 Å². The Morgan fingerprint density at radius 1 is 1.39 bits per heavy atom. The molecular formula is C14H13FN6OS. The van der Waals surface area contributed by atoms with Gasteiger partial charge < -0.3 is 4.52 Å². The number of hydrogen-bond donors (Lipinski definition) is 0. The van der Waals surface area contributed by atoms with Crippen LogP contribution in [0.25, 0.3) is 11.4 Å². The Balaban J connectivity index is 1.47.